The number of nitrogens with one attached hydrogen (secondary N) is 2. The second kappa shape index (κ2) is 12.3. The molecule has 1 aliphatic heterocycles. The number of nitrogens with zero attached hydrogens (tertiary/aromatic N) is 1. The van der Waals surface area contributed by atoms with Crippen molar-refractivity contribution < 1.29 is 13.9 Å². The van der Waals surface area contributed by atoms with E-state index >= 15 is 0 Å². The van der Waals surface area contributed by atoms with E-state index in [4.69, 9.17) is 18.9 Å². The summed E-state index contributed by atoms with van der Waals surface area (Å²) in [4.78, 5) is 4.72. The van der Waals surface area contributed by atoms with E-state index < -0.39 is 0 Å². The molecule has 1 aromatic heterocycles. The minimum absolute atomic E-state index is 0.326. The summed E-state index contributed by atoms with van der Waals surface area (Å²) in [7, 11) is 0. The standard InChI is InChI=1S/C23H33N3O3/c1-2-12-24-23(25-13-9-21-4-3-14-28-21)26-17-19-5-7-20(8-6-19)18-29-22-10-15-27-16-11-22/h3-8,14,22H,2,9-13,15-18H2,1H3,(H2,24,25,26). The molecular weight excluding hydrogens is 366 g/mol. The zero-order valence-electron chi connectivity index (χ0n) is 17.4. The van der Waals surface area contributed by atoms with E-state index in [1.54, 1.807) is 6.26 Å². The van der Waals surface area contributed by atoms with Gasteiger partial charge in [0, 0.05) is 32.7 Å². The molecule has 0 spiro atoms. The van der Waals surface area contributed by atoms with E-state index in [1.807, 2.05) is 12.1 Å². The maximum absolute atomic E-state index is 5.99. The molecule has 0 aliphatic carbocycles. The molecule has 2 N–H and O–H groups in total. The number of aliphatic imine (C=N–C) groups is 1. The lowest BCUT2D eigenvalue weighted by molar-refractivity contribution is -0.0390. The van der Waals surface area contributed by atoms with Crippen LogP contribution in [0.1, 0.15) is 43.1 Å². The topological polar surface area (TPSA) is 68.0 Å². The van der Waals surface area contributed by atoms with Gasteiger partial charge in [0.05, 0.1) is 25.5 Å². The van der Waals surface area contributed by atoms with E-state index in [9.17, 15) is 0 Å². The summed E-state index contributed by atoms with van der Waals surface area (Å²) in [6, 6.07) is 12.4. The molecular formula is C23H33N3O3. The van der Waals surface area contributed by atoms with Gasteiger partial charge in [0.1, 0.15) is 5.76 Å². The van der Waals surface area contributed by atoms with Crippen LogP contribution < -0.4 is 10.6 Å². The summed E-state index contributed by atoms with van der Waals surface area (Å²) in [5.74, 6) is 1.82. The first-order chi connectivity index (χ1) is 14.3. The van der Waals surface area contributed by atoms with E-state index in [0.29, 0.717) is 19.3 Å². The van der Waals surface area contributed by atoms with Gasteiger partial charge >= 0.3 is 0 Å². The molecule has 0 amide bonds. The Kier molecular flexibility index (Phi) is 9.07. The second-order valence-corrected chi connectivity index (χ2v) is 7.29. The fraction of sp³-hybridized carbons (Fsp3) is 0.522. The summed E-state index contributed by atoms with van der Waals surface area (Å²) >= 11 is 0. The van der Waals surface area contributed by atoms with Crippen LogP contribution in [0.3, 0.4) is 0 Å². The van der Waals surface area contributed by atoms with Crippen molar-refractivity contribution in [1.29, 1.82) is 0 Å². The van der Waals surface area contributed by atoms with Gasteiger partial charge < -0.3 is 24.5 Å². The number of hydrogen-bond donors (Lipinski definition) is 2. The molecule has 0 atom stereocenters. The van der Waals surface area contributed by atoms with E-state index in [-0.39, 0.29) is 0 Å². The minimum Gasteiger partial charge on any atom is -0.469 e. The van der Waals surface area contributed by atoms with Crippen LogP contribution in [0.5, 0.6) is 0 Å². The van der Waals surface area contributed by atoms with Crippen LogP contribution in [0, 0.1) is 0 Å². The van der Waals surface area contributed by atoms with Gasteiger partial charge in [-0.1, -0.05) is 31.2 Å². The van der Waals surface area contributed by atoms with Crippen LogP contribution in [0.15, 0.2) is 52.1 Å². The largest absolute Gasteiger partial charge is 0.469 e. The van der Waals surface area contributed by atoms with Crippen molar-refractivity contribution in [2.75, 3.05) is 26.3 Å². The van der Waals surface area contributed by atoms with Crippen molar-refractivity contribution in [2.45, 2.75) is 51.9 Å². The molecule has 0 saturated carbocycles. The fourth-order valence-electron chi connectivity index (χ4n) is 3.14. The third kappa shape index (κ3) is 7.91. The maximum Gasteiger partial charge on any atom is 0.191 e. The number of rotatable bonds is 10. The molecule has 6 nitrogen and oxygen atoms in total. The Bertz CT molecular complexity index is 707. The molecule has 1 aliphatic rings. The Balaban J connectivity index is 1.45. The molecule has 1 aromatic carbocycles. The highest BCUT2D eigenvalue weighted by atomic mass is 16.5. The lowest BCUT2D eigenvalue weighted by atomic mass is 10.1. The Hall–Kier alpha value is -2.31. The average molecular weight is 400 g/mol. The van der Waals surface area contributed by atoms with Crippen molar-refractivity contribution >= 4 is 5.96 Å². The average Bonchev–Trinajstić information content (AvgIpc) is 3.29. The highest BCUT2D eigenvalue weighted by Gasteiger charge is 2.13. The smallest absolute Gasteiger partial charge is 0.191 e. The van der Waals surface area contributed by atoms with E-state index in [1.165, 1.54) is 11.1 Å². The van der Waals surface area contributed by atoms with Gasteiger partial charge in [-0.25, -0.2) is 4.99 Å². The van der Waals surface area contributed by atoms with Crippen molar-refractivity contribution in [1.82, 2.24) is 10.6 Å². The molecule has 1 fully saturated rings. The lowest BCUT2D eigenvalue weighted by Crippen LogP contribution is -2.38. The van der Waals surface area contributed by atoms with Gasteiger partial charge in [-0.05, 0) is 42.5 Å². The molecule has 2 heterocycles. The first kappa shape index (κ1) is 21.4. The molecule has 2 aromatic rings. The Morgan fingerprint density at radius 3 is 2.55 bits per heavy atom. The van der Waals surface area contributed by atoms with Crippen LogP contribution in [-0.2, 0) is 29.0 Å². The summed E-state index contributed by atoms with van der Waals surface area (Å²) in [6.07, 6.45) is 5.91. The molecule has 3 rings (SSSR count). The molecule has 0 bridgehead atoms. The SMILES string of the molecule is CCCNC(=NCc1ccc(COC2CCOCC2)cc1)NCCc1ccco1. The van der Waals surface area contributed by atoms with Gasteiger partial charge in [0.25, 0.3) is 0 Å². The summed E-state index contributed by atoms with van der Waals surface area (Å²) in [6.45, 7) is 6.75. The van der Waals surface area contributed by atoms with Crippen molar-refractivity contribution in [3.63, 3.8) is 0 Å². The molecule has 29 heavy (non-hydrogen) atoms. The highest BCUT2D eigenvalue weighted by molar-refractivity contribution is 5.79. The first-order valence-electron chi connectivity index (χ1n) is 10.6. The van der Waals surface area contributed by atoms with Crippen LogP contribution in [0.25, 0.3) is 0 Å². The van der Waals surface area contributed by atoms with Crippen molar-refractivity contribution in [3.8, 4) is 0 Å². The number of hydrogen-bond acceptors (Lipinski definition) is 4. The van der Waals surface area contributed by atoms with Gasteiger partial charge in [-0.3, -0.25) is 0 Å². The highest BCUT2D eigenvalue weighted by Crippen LogP contribution is 2.14. The normalized spacial score (nSPS) is 15.4. The van der Waals surface area contributed by atoms with Gasteiger partial charge in [0.15, 0.2) is 5.96 Å². The Labute approximate surface area is 173 Å². The molecule has 0 unspecified atom stereocenters. The summed E-state index contributed by atoms with van der Waals surface area (Å²) in [5, 5.41) is 6.75. The number of guanidine groups is 1. The van der Waals surface area contributed by atoms with Gasteiger partial charge in [-0.2, -0.15) is 0 Å². The number of ether oxygens (including phenoxy) is 2. The zero-order valence-corrected chi connectivity index (χ0v) is 17.4. The van der Waals surface area contributed by atoms with E-state index in [2.05, 4.69) is 41.8 Å². The third-order valence-corrected chi connectivity index (χ3v) is 4.88. The van der Waals surface area contributed by atoms with E-state index in [0.717, 1.165) is 63.7 Å². The first-order valence-corrected chi connectivity index (χ1v) is 10.6. The number of furan rings is 1. The second-order valence-electron chi connectivity index (χ2n) is 7.29. The monoisotopic (exact) mass is 399 g/mol. The molecule has 0 radical (unpaired) electrons. The van der Waals surface area contributed by atoms with Crippen LogP contribution in [-0.4, -0.2) is 38.4 Å². The van der Waals surface area contributed by atoms with Crippen molar-refractivity contribution in [2.24, 2.45) is 4.99 Å². The van der Waals surface area contributed by atoms with Crippen molar-refractivity contribution in [3.05, 3.63) is 59.5 Å². The molecule has 1 saturated heterocycles. The minimum atomic E-state index is 0.326. The Morgan fingerprint density at radius 1 is 1.07 bits per heavy atom. The lowest BCUT2D eigenvalue weighted by Gasteiger charge is -2.22. The summed E-state index contributed by atoms with van der Waals surface area (Å²) in [5.41, 5.74) is 2.38. The quantitative estimate of drug-likeness (QED) is 0.471. The third-order valence-electron chi connectivity index (χ3n) is 4.88. The maximum atomic E-state index is 5.99. The van der Waals surface area contributed by atoms with Crippen LogP contribution in [0.2, 0.25) is 0 Å². The predicted octanol–water partition coefficient (Wildman–Crippen LogP) is 3.66. The van der Waals surface area contributed by atoms with Gasteiger partial charge in [-0.15, -0.1) is 0 Å². The fourth-order valence-corrected chi connectivity index (χ4v) is 3.14. The van der Waals surface area contributed by atoms with Gasteiger partial charge in [0.2, 0.25) is 0 Å². The number of benzene rings is 1. The molecule has 158 valence electrons. The summed E-state index contributed by atoms with van der Waals surface area (Å²) < 4.78 is 16.7. The predicted molar refractivity (Wildman–Crippen MR) is 115 cm³/mol. The zero-order chi connectivity index (χ0) is 20.2. The molecule has 6 heteroatoms. The van der Waals surface area contributed by atoms with Crippen LogP contribution >= 0.6 is 0 Å². The Morgan fingerprint density at radius 2 is 1.83 bits per heavy atom. The van der Waals surface area contributed by atoms with Crippen LogP contribution in [0.4, 0.5) is 0 Å².